The highest BCUT2D eigenvalue weighted by atomic mass is 16.5. The topological polar surface area (TPSA) is 39.7 Å². The van der Waals surface area contributed by atoms with Gasteiger partial charge in [0, 0.05) is 0 Å². The van der Waals surface area contributed by atoms with Crippen LogP contribution in [0.3, 0.4) is 0 Å². The van der Waals surface area contributed by atoms with Crippen LogP contribution >= 0.6 is 0 Å². The van der Waals surface area contributed by atoms with Gasteiger partial charge < -0.3 is 10.7 Å². The number of hydroxylamine groups is 1. The lowest BCUT2D eigenvalue weighted by atomic mass is 9.96. The summed E-state index contributed by atoms with van der Waals surface area (Å²) in [6, 6.07) is 0.406. The van der Waals surface area contributed by atoms with Crippen molar-refractivity contribution in [3.05, 3.63) is 5.21 Å². The predicted octanol–water partition coefficient (Wildman–Crippen LogP) is 0.380. The summed E-state index contributed by atoms with van der Waals surface area (Å²) in [5.41, 5.74) is 1.11. The molecule has 0 aliphatic heterocycles. The van der Waals surface area contributed by atoms with Gasteiger partial charge in [-0.2, -0.15) is 0 Å². The molecule has 0 bridgehead atoms. The second-order valence-corrected chi connectivity index (χ2v) is 2.53. The highest BCUT2D eigenvalue weighted by Gasteiger charge is 2.11. The van der Waals surface area contributed by atoms with Crippen molar-refractivity contribution in [2.45, 2.75) is 38.1 Å². The van der Waals surface area contributed by atoms with Crippen LogP contribution in [0.15, 0.2) is 0 Å². The molecule has 0 aromatic rings. The molecule has 0 aromatic heterocycles. The maximum absolute atomic E-state index is 10.2. The quantitative estimate of drug-likeness (QED) is 0.493. The van der Waals surface area contributed by atoms with Crippen LogP contribution in [-0.4, -0.2) is 6.04 Å². The maximum Gasteiger partial charge on any atom is 0.0856 e. The largest absolute Gasteiger partial charge is 0.636 e. The molecule has 0 aromatic carbocycles. The Labute approximate surface area is 49.9 Å². The van der Waals surface area contributed by atoms with Crippen molar-refractivity contribution in [3.63, 3.8) is 0 Å². The van der Waals surface area contributed by atoms with Gasteiger partial charge in [-0.1, -0.05) is 6.42 Å². The van der Waals surface area contributed by atoms with Gasteiger partial charge in [0.1, 0.15) is 0 Å². The fraction of sp³-hybridized carbons (Fsp3) is 1.00. The summed E-state index contributed by atoms with van der Waals surface area (Å²) >= 11 is 0. The van der Waals surface area contributed by atoms with Gasteiger partial charge in [-0.3, -0.25) is 0 Å². The van der Waals surface area contributed by atoms with Gasteiger partial charge in [-0.25, -0.2) is 0 Å². The third-order valence-corrected chi connectivity index (χ3v) is 1.84. The molecule has 1 aliphatic rings. The van der Waals surface area contributed by atoms with E-state index in [1.54, 1.807) is 0 Å². The maximum atomic E-state index is 10.2. The summed E-state index contributed by atoms with van der Waals surface area (Å²) in [4.78, 5) is 0. The average molecular weight is 115 g/mol. The second-order valence-electron chi connectivity index (χ2n) is 2.53. The lowest BCUT2D eigenvalue weighted by Gasteiger charge is -2.20. The SMILES string of the molecule is [O-][NH2+]C1CCCCC1. The molecule has 1 fully saturated rings. The second kappa shape index (κ2) is 3.05. The number of nitrogens with two attached hydrogens (primary N) is 1. The predicted molar refractivity (Wildman–Crippen MR) is 32.2 cm³/mol. The van der Waals surface area contributed by atoms with E-state index in [2.05, 4.69) is 0 Å². The summed E-state index contributed by atoms with van der Waals surface area (Å²) in [5, 5.41) is 10.2. The molecule has 0 saturated heterocycles. The highest BCUT2D eigenvalue weighted by Crippen LogP contribution is 2.14. The Kier molecular flexibility index (Phi) is 2.30. The number of quaternary nitrogens is 1. The lowest BCUT2D eigenvalue weighted by molar-refractivity contribution is -0.630. The van der Waals surface area contributed by atoms with E-state index in [4.69, 9.17) is 0 Å². The van der Waals surface area contributed by atoms with Crippen LogP contribution in [0, 0.1) is 5.21 Å². The number of hydrogen-bond acceptors (Lipinski definition) is 1. The highest BCUT2D eigenvalue weighted by molar-refractivity contribution is 4.61. The first-order valence-corrected chi connectivity index (χ1v) is 3.39. The van der Waals surface area contributed by atoms with Gasteiger partial charge in [-0.15, -0.1) is 0 Å². The molecule has 1 saturated carbocycles. The number of rotatable bonds is 1. The van der Waals surface area contributed by atoms with Gasteiger partial charge in [0.25, 0.3) is 0 Å². The van der Waals surface area contributed by atoms with Crippen LogP contribution in [0.1, 0.15) is 32.1 Å². The zero-order valence-corrected chi connectivity index (χ0v) is 5.10. The van der Waals surface area contributed by atoms with Gasteiger partial charge in [0.2, 0.25) is 0 Å². The molecule has 0 heterocycles. The zero-order valence-electron chi connectivity index (χ0n) is 5.10. The van der Waals surface area contributed by atoms with E-state index in [0.717, 1.165) is 18.3 Å². The van der Waals surface area contributed by atoms with Crippen LogP contribution in [0.4, 0.5) is 0 Å². The molecule has 2 nitrogen and oxygen atoms in total. The van der Waals surface area contributed by atoms with Crippen molar-refractivity contribution in [3.8, 4) is 0 Å². The smallest absolute Gasteiger partial charge is 0.0856 e. The lowest BCUT2D eigenvalue weighted by Crippen LogP contribution is -2.84. The van der Waals surface area contributed by atoms with E-state index in [0.29, 0.717) is 6.04 Å². The molecule has 0 atom stereocenters. The molecule has 0 amide bonds. The van der Waals surface area contributed by atoms with Crippen molar-refractivity contribution < 1.29 is 5.48 Å². The van der Waals surface area contributed by atoms with E-state index in [1.165, 1.54) is 19.3 Å². The summed E-state index contributed by atoms with van der Waals surface area (Å²) in [6.45, 7) is 0. The van der Waals surface area contributed by atoms with E-state index < -0.39 is 0 Å². The fourth-order valence-electron chi connectivity index (χ4n) is 1.27. The minimum absolute atomic E-state index is 0.406. The van der Waals surface area contributed by atoms with Crippen molar-refractivity contribution in [1.29, 1.82) is 0 Å². The summed E-state index contributed by atoms with van der Waals surface area (Å²) < 4.78 is 0. The standard InChI is InChI=1S/C6H13NO/c8-7-6-4-2-1-3-5-6/h6H,1-5,7H2. The number of hydrogen-bond donors (Lipinski definition) is 1. The molecular weight excluding hydrogens is 102 g/mol. The normalized spacial score (nSPS) is 23.6. The molecule has 1 aliphatic carbocycles. The minimum Gasteiger partial charge on any atom is -0.636 e. The molecule has 2 heteroatoms. The minimum atomic E-state index is 0.406. The van der Waals surface area contributed by atoms with Crippen molar-refractivity contribution in [2.24, 2.45) is 0 Å². The van der Waals surface area contributed by atoms with Gasteiger partial charge >= 0.3 is 0 Å². The Balaban J connectivity index is 2.13. The third kappa shape index (κ3) is 1.46. The Morgan fingerprint density at radius 3 is 2.12 bits per heavy atom. The van der Waals surface area contributed by atoms with E-state index in [9.17, 15) is 5.21 Å². The van der Waals surface area contributed by atoms with Gasteiger partial charge in [0.15, 0.2) is 0 Å². The molecule has 48 valence electrons. The molecule has 0 spiro atoms. The average Bonchev–Trinajstić information content (AvgIpc) is 1.90. The molecule has 8 heavy (non-hydrogen) atoms. The van der Waals surface area contributed by atoms with Gasteiger partial charge in [-0.05, 0) is 25.7 Å². The Morgan fingerprint density at radius 2 is 1.75 bits per heavy atom. The summed E-state index contributed by atoms with van der Waals surface area (Å²) in [7, 11) is 0. The van der Waals surface area contributed by atoms with E-state index >= 15 is 0 Å². The Hall–Kier alpha value is -0.0800. The molecular formula is C6H13NO. The molecule has 0 radical (unpaired) electrons. The first-order chi connectivity index (χ1) is 3.93. The first kappa shape index (κ1) is 6.05. The van der Waals surface area contributed by atoms with Gasteiger partial charge in [0.05, 0.1) is 6.04 Å². The first-order valence-electron chi connectivity index (χ1n) is 3.39. The third-order valence-electron chi connectivity index (χ3n) is 1.84. The zero-order chi connectivity index (χ0) is 5.82. The van der Waals surface area contributed by atoms with Crippen LogP contribution in [-0.2, 0) is 0 Å². The van der Waals surface area contributed by atoms with Crippen molar-refractivity contribution in [1.82, 2.24) is 0 Å². The Morgan fingerprint density at radius 1 is 1.12 bits per heavy atom. The molecule has 2 N–H and O–H groups in total. The van der Waals surface area contributed by atoms with Crippen LogP contribution < -0.4 is 5.48 Å². The van der Waals surface area contributed by atoms with E-state index in [1.807, 2.05) is 0 Å². The monoisotopic (exact) mass is 115 g/mol. The van der Waals surface area contributed by atoms with Crippen molar-refractivity contribution >= 4 is 0 Å². The van der Waals surface area contributed by atoms with Crippen LogP contribution in [0.2, 0.25) is 0 Å². The molecule has 0 unspecified atom stereocenters. The summed E-state index contributed by atoms with van der Waals surface area (Å²) in [6.07, 6.45) is 6.16. The summed E-state index contributed by atoms with van der Waals surface area (Å²) in [5.74, 6) is 0. The van der Waals surface area contributed by atoms with E-state index in [-0.39, 0.29) is 0 Å². The molecule has 1 rings (SSSR count). The van der Waals surface area contributed by atoms with Crippen LogP contribution in [0.5, 0.6) is 0 Å². The van der Waals surface area contributed by atoms with Crippen molar-refractivity contribution in [2.75, 3.05) is 0 Å². The Bertz CT molecular complexity index is 59.5. The fourth-order valence-corrected chi connectivity index (χ4v) is 1.27. The van der Waals surface area contributed by atoms with Crippen LogP contribution in [0.25, 0.3) is 0 Å².